The molecule has 4 nitrogen and oxygen atoms in total. The highest BCUT2D eigenvalue weighted by Gasteiger charge is 2.58. The Bertz CT molecular complexity index is 256. The molecule has 1 N–H and O–H groups in total. The lowest BCUT2D eigenvalue weighted by Gasteiger charge is -2.30. The molecule has 88 valence electrons. The minimum atomic E-state index is -4.46. The third-order valence-corrected chi connectivity index (χ3v) is 2.58. The van der Waals surface area contributed by atoms with Crippen molar-refractivity contribution in [2.24, 2.45) is 0 Å². The molecule has 0 aromatic carbocycles. The molecule has 15 heavy (non-hydrogen) atoms. The zero-order valence-corrected chi connectivity index (χ0v) is 8.17. The van der Waals surface area contributed by atoms with Crippen molar-refractivity contribution in [3.05, 3.63) is 0 Å². The van der Waals surface area contributed by atoms with Crippen LogP contribution in [-0.2, 0) is 9.53 Å². The van der Waals surface area contributed by atoms with E-state index in [1.807, 2.05) is 0 Å². The first-order valence-electron chi connectivity index (χ1n) is 4.37. The van der Waals surface area contributed by atoms with Crippen LogP contribution in [0.5, 0.6) is 0 Å². The number of carboxylic acid groups (broad SMARTS) is 1. The van der Waals surface area contributed by atoms with Gasteiger partial charge in [-0.05, 0) is 6.42 Å². The van der Waals surface area contributed by atoms with E-state index in [2.05, 4.69) is 4.74 Å². The maximum Gasteiger partial charge on any atom is 0.418 e. The topological polar surface area (TPSA) is 49.8 Å². The molecule has 0 spiro atoms. The number of alkyl halides is 3. The summed E-state index contributed by atoms with van der Waals surface area (Å²) in [5, 5.41) is 8.46. The van der Waals surface area contributed by atoms with Crippen LogP contribution in [0.15, 0.2) is 0 Å². The number of ether oxygens (including phenoxy) is 1. The van der Waals surface area contributed by atoms with Gasteiger partial charge in [0.2, 0.25) is 0 Å². The van der Waals surface area contributed by atoms with Gasteiger partial charge in [-0.2, -0.15) is 13.2 Å². The molecule has 0 saturated carbocycles. The standard InChI is InChI=1S/C8H12F3NO3/c1-15-7(8(9,10)11)2-3-12(5-7)4-6(13)14/h2-5H2,1H3,(H,13,14). The molecule has 7 heteroatoms. The molecule has 0 aromatic heterocycles. The molecule has 1 atom stereocenters. The molecular weight excluding hydrogens is 215 g/mol. The van der Waals surface area contributed by atoms with E-state index in [0.717, 1.165) is 7.11 Å². The first kappa shape index (κ1) is 12.3. The van der Waals surface area contributed by atoms with Crippen molar-refractivity contribution in [1.29, 1.82) is 0 Å². The van der Waals surface area contributed by atoms with Gasteiger partial charge in [-0.1, -0.05) is 0 Å². The van der Waals surface area contributed by atoms with Crippen LogP contribution in [0.3, 0.4) is 0 Å². The van der Waals surface area contributed by atoms with Crippen molar-refractivity contribution in [1.82, 2.24) is 4.90 Å². The monoisotopic (exact) mass is 227 g/mol. The summed E-state index contributed by atoms with van der Waals surface area (Å²) in [6, 6.07) is 0. The molecule has 0 aliphatic carbocycles. The summed E-state index contributed by atoms with van der Waals surface area (Å²) in [6.45, 7) is -0.722. The van der Waals surface area contributed by atoms with E-state index in [1.54, 1.807) is 0 Å². The van der Waals surface area contributed by atoms with Crippen LogP contribution in [0, 0.1) is 0 Å². The third-order valence-electron chi connectivity index (χ3n) is 2.58. The summed E-state index contributed by atoms with van der Waals surface area (Å²) in [4.78, 5) is 11.6. The maximum atomic E-state index is 12.6. The zero-order chi connectivity index (χ0) is 11.7. The summed E-state index contributed by atoms with van der Waals surface area (Å²) in [6.07, 6.45) is -4.69. The number of likely N-dealkylation sites (tertiary alicyclic amines) is 1. The molecule has 1 aliphatic heterocycles. The second-order valence-electron chi connectivity index (χ2n) is 3.55. The maximum absolute atomic E-state index is 12.6. The first-order chi connectivity index (χ1) is 6.81. The highest BCUT2D eigenvalue weighted by atomic mass is 19.4. The van der Waals surface area contributed by atoms with Gasteiger partial charge in [-0.25, -0.2) is 0 Å². The average molecular weight is 227 g/mol. The number of nitrogens with zero attached hydrogens (tertiary/aromatic N) is 1. The molecule has 1 heterocycles. The molecule has 1 rings (SSSR count). The Morgan fingerprint density at radius 1 is 1.60 bits per heavy atom. The Morgan fingerprint density at radius 3 is 2.53 bits per heavy atom. The number of carboxylic acids is 1. The molecule has 1 unspecified atom stereocenters. The van der Waals surface area contributed by atoms with Crippen molar-refractivity contribution in [3.8, 4) is 0 Å². The Kier molecular flexibility index (Phi) is 3.25. The van der Waals surface area contributed by atoms with E-state index in [-0.39, 0.29) is 19.5 Å². The molecule has 0 aromatic rings. The van der Waals surface area contributed by atoms with Crippen LogP contribution in [0.2, 0.25) is 0 Å². The van der Waals surface area contributed by atoms with Gasteiger partial charge in [-0.15, -0.1) is 0 Å². The number of halogens is 3. The van der Waals surface area contributed by atoms with Crippen molar-refractivity contribution >= 4 is 5.97 Å². The fourth-order valence-corrected chi connectivity index (χ4v) is 1.70. The van der Waals surface area contributed by atoms with Crippen LogP contribution in [0.25, 0.3) is 0 Å². The van der Waals surface area contributed by atoms with Crippen LogP contribution < -0.4 is 0 Å². The molecular formula is C8H12F3NO3. The predicted molar refractivity (Wildman–Crippen MR) is 44.5 cm³/mol. The molecule has 0 bridgehead atoms. The Morgan fingerprint density at radius 2 is 2.20 bits per heavy atom. The smallest absolute Gasteiger partial charge is 0.418 e. The van der Waals surface area contributed by atoms with Crippen molar-refractivity contribution < 1.29 is 27.8 Å². The fourth-order valence-electron chi connectivity index (χ4n) is 1.70. The third kappa shape index (κ3) is 2.40. The van der Waals surface area contributed by atoms with Gasteiger partial charge >= 0.3 is 12.1 Å². The van der Waals surface area contributed by atoms with E-state index in [9.17, 15) is 18.0 Å². The Hall–Kier alpha value is -0.820. The number of methoxy groups -OCH3 is 1. The molecule has 1 saturated heterocycles. The number of hydrogen-bond donors (Lipinski definition) is 1. The van der Waals surface area contributed by atoms with Gasteiger partial charge in [0, 0.05) is 20.2 Å². The summed E-state index contributed by atoms with van der Waals surface area (Å²) >= 11 is 0. The number of aliphatic carboxylic acids is 1. The lowest BCUT2D eigenvalue weighted by molar-refractivity contribution is -0.263. The predicted octanol–water partition coefficient (Wildman–Crippen LogP) is 0.724. The van der Waals surface area contributed by atoms with Gasteiger partial charge in [0.15, 0.2) is 5.60 Å². The van der Waals surface area contributed by atoms with Gasteiger partial charge in [0.1, 0.15) is 0 Å². The van der Waals surface area contributed by atoms with Gasteiger partial charge < -0.3 is 9.84 Å². The minimum absolute atomic E-state index is 0.0830. The second-order valence-corrected chi connectivity index (χ2v) is 3.55. The Balaban J connectivity index is 2.69. The summed E-state index contributed by atoms with van der Waals surface area (Å²) in [5.41, 5.74) is -2.21. The van der Waals surface area contributed by atoms with E-state index in [1.165, 1.54) is 4.90 Å². The van der Waals surface area contributed by atoms with E-state index in [0.29, 0.717) is 0 Å². The summed E-state index contributed by atoms with van der Waals surface area (Å²) in [7, 11) is 0.998. The SMILES string of the molecule is COC1(C(F)(F)F)CCN(CC(=O)O)C1. The summed E-state index contributed by atoms with van der Waals surface area (Å²) < 4.78 is 42.4. The van der Waals surface area contributed by atoms with Crippen LogP contribution >= 0.6 is 0 Å². The molecule has 1 aliphatic rings. The second kappa shape index (κ2) is 3.97. The van der Waals surface area contributed by atoms with E-state index < -0.39 is 24.3 Å². The minimum Gasteiger partial charge on any atom is -0.480 e. The number of rotatable bonds is 3. The largest absolute Gasteiger partial charge is 0.480 e. The van der Waals surface area contributed by atoms with Gasteiger partial charge in [0.05, 0.1) is 6.54 Å². The first-order valence-corrected chi connectivity index (χ1v) is 4.37. The van der Waals surface area contributed by atoms with Crippen LogP contribution in [-0.4, -0.2) is 54.5 Å². The number of carbonyl (C=O) groups is 1. The molecule has 0 amide bonds. The molecule has 0 radical (unpaired) electrons. The average Bonchev–Trinajstić information content (AvgIpc) is 2.47. The zero-order valence-electron chi connectivity index (χ0n) is 8.17. The van der Waals surface area contributed by atoms with Gasteiger partial charge in [0.25, 0.3) is 0 Å². The normalized spacial score (nSPS) is 28.3. The summed E-state index contributed by atoms with van der Waals surface area (Å²) in [5.74, 6) is -1.14. The fraction of sp³-hybridized carbons (Fsp3) is 0.875. The van der Waals surface area contributed by atoms with Crippen molar-refractivity contribution in [2.45, 2.75) is 18.2 Å². The Labute approximate surface area is 84.6 Å². The highest BCUT2D eigenvalue weighted by Crippen LogP contribution is 2.40. The lowest BCUT2D eigenvalue weighted by Crippen LogP contribution is -2.49. The highest BCUT2D eigenvalue weighted by molar-refractivity contribution is 5.69. The van der Waals surface area contributed by atoms with Gasteiger partial charge in [-0.3, -0.25) is 9.69 Å². The van der Waals surface area contributed by atoms with E-state index in [4.69, 9.17) is 5.11 Å². The van der Waals surface area contributed by atoms with E-state index >= 15 is 0 Å². The van der Waals surface area contributed by atoms with Crippen LogP contribution in [0.1, 0.15) is 6.42 Å². The quantitative estimate of drug-likeness (QED) is 0.772. The number of hydrogen-bond acceptors (Lipinski definition) is 3. The molecule has 1 fully saturated rings. The van der Waals surface area contributed by atoms with Crippen molar-refractivity contribution in [2.75, 3.05) is 26.7 Å². The lowest BCUT2D eigenvalue weighted by atomic mass is 10.0. The van der Waals surface area contributed by atoms with Crippen molar-refractivity contribution in [3.63, 3.8) is 0 Å². The van der Waals surface area contributed by atoms with Crippen LogP contribution in [0.4, 0.5) is 13.2 Å².